The number of rotatable bonds is 5. The van der Waals surface area contributed by atoms with Crippen molar-refractivity contribution in [3.8, 4) is 6.07 Å². The Kier molecular flexibility index (Phi) is 5.93. The molecule has 0 aromatic carbocycles. The molecule has 100 valence electrons. The number of azide groups is 1. The van der Waals surface area contributed by atoms with Gasteiger partial charge in [0, 0.05) is 30.6 Å². The highest BCUT2D eigenvalue weighted by atomic mass is 15.2. The Morgan fingerprint density at radius 1 is 1.50 bits per heavy atom. The number of nitrogens with zero attached hydrogens (tertiary/aromatic N) is 5. The van der Waals surface area contributed by atoms with Gasteiger partial charge in [-0.15, -0.1) is 0 Å². The molecular weight excluding hydrogens is 228 g/mol. The highest BCUT2D eigenvalue weighted by Gasteiger charge is 2.32. The molecule has 1 rings (SSSR count). The zero-order valence-corrected chi connectivity index (χ0v) is 11.3. The summed E-state index contributed by atoms with van der Waals surface area (Å²) in [6.07, 6.45) is 2.72. The van der Waals surface area contributed by atoms with Gasteiger partial charge < -0.3 is 4.90 Å². The topological polar surface area (TPSA) is 87.8 Å². The van der Waals surface area contributed by atoms with Gasteiger partial charge in [0.15, 0.2) is 0 Å². The van der Waals surface area contributed by atoms with Crippen LogP contribution in [0, 0.1) is 11.3 Å². The SMILES string of the molecule is CC(C)N1CCCC(C#N)(NCCN=[N+]=[N-])CC1. The van der Waals surface area contributed by atoms with Crippen LogP contribution in [-0.2, 0) is 0 Å². The molecule has 0 bridgehead atoms. The quantitative estimate of drug-likeness (QED) is 0.350. The molecule has 18 heavy (non-hydrogen) atoms. The van der Waals surface area contributed by atoms with E-state index in [1.807, 2.05) is 0 Å². The highest BCUT2D eigenvalue weighted by molar-refractivity contribution is 5.08. The molecule has 0 aromatic heterocycles. The normalized spacial score (nSPS) is 25.2. The van der Waals surface area contributed by atoms with Crippen LogP contribution in [-0.4, -0.2) is 42.7 Å². The van der Waals surface area contributed by atoms with Gasteiger partial charge in [0.2, 0.25) is 0 Å². The van der Waals surface area contributed by atoms with E-state index in [0.29, 0.717) is 19.1 Å². The zero-order valence-electron chi connectivity index (χ0n) is 11.3. The van der Waals surface area contributed by atoms with E-state index in [2.05, 4.69) is 40.2 Å². The van der Waals surface area contributed by atoms with Crippen molar-refractivity contribution in [2.75, 3.05) is 26.2 Å². The Morgan fingerprint density at radius 3 is 2.89 bits per heavy atom. The van der Waals surface area contributed by atoms with Crippen molar-refractivity contribution in [3.63, 3.8) is 0 Å². The van der Waals surface area contributed by atoms with Gasteiger partial charge in [-0.2, -0.15) is 5.26 Å². The lowest BCUT2D eigenvalue weighted by Crippen LogP contribution is -2.46. The second kappa shape index (κ2) is 7.22. The van der Waals surface area contributed by atoms with Gasteiger partial charge in [0.1, 0.15) is 5.54 Å². The van der Waals surface area contributed by atoms with Crippen LogP contribution in [0.4, 0.5) is 0 Å². The van der Waals surface area contributed by atoms with E-state index in [-0.39, 0.29) is 0 Å². The summed E-state index contributed by atoms with van der Waals surface area (Å²) >= 11 is 0. The molecule has 6 heteroatoms. The summed E-state index contributed by atoms with van der Waals surface area (Å²) in [5.41, 5.74) is 7.77. The van der Waals surface area contributed by atoms with E-state index in [1.54, 1.807) is 0 Å². The predicted octanol–water partition coefficient (Wildman–Crippen LogP) is 2.04. The minimum absolute atomic E-state index is 0.397. The third-order valence-corrected chi connectivity index (χ3v) is 3.56. The lowest BCUT2D eigenvalue weighted by Gasteiger charge is -2.27. The first kappa shape index (κ1) is 14.8. The van der Waals surface area contributed by atoms with Gasteiger partial charge in [-0.1, -0.05) is 5.11 Å². The van der Waals surface area contributed by atoms with Crippen molar-refractivity contribution in [1.29, 1.82) is 5.26 Å². The standard InChI is InChI=1S/C12H22N6/c1-11(2)18-8-3-4-12(10-13,5-9-18)15-6-7-16-17-14/h11,15H,3-9H2,1-2H3. The number of nitrogens with one attached hydrogen (secondary N) is 1. The molecule has 1 aliphatic heterocycles. The van der Waals surface area contributed by atoms with Crippen LogP contribution in [0.2, 0.25) is 0 Å². The molecule has 0 amide bonds. The first-order valence-electron chi connectivity index (χ1n) is 6.55. The van der Waals surface area contributed by atoms with Crippen molar-refractivity contribution in [2.45, 2.75) is 44.7 Å². The van der Waals surface area contributed by atoms with Crippen LogP contribution < -0.4 is 5.32 Å². The molecule has 0 saturated carbocycles. The monoisotopic (exact) mass is 250 g/mol. The van der Waals surface area contributed by atoms with Gasteiger partial charge in [0.05, 0.1) is 6.07 Å². The molecule has 0 spiro atoms. The van der Waals surface area contributed by atoms with Crippen LogP contribution >= 0.6 is 0 Å². The summed E-state index contributed by atoms with van der Waals surface area (Å²) in [5.74, 6) is 0. The number of nitriles is 1. The average Bonchev–Trinajstić information content (AvgIpc) is 2.58. The van der Waals surface area contributed by atoms with Crippen LogP contribution in [0.3, 0.4) is 0 Å². The average molecular weight is 250 g/mol. The fraction of sp³-hybridized carbons (Fsp3) is 0.917. The Hall–Kier alpha value is -1.28. The molecule has 1 heterocycles. The predicted molar refractivity (Wildman–Crippen MR) is 70.9 cm³/mol. The third-order valence-electron chi connectivity index (χ3n) is 3.56. The summed E-state index contributed by atoms with van der Waals surface area (Å²) in [7, 11) is 0. The van der Waals surface area contributed by atoms with Gasteiger partial charge in [-0.25, -0.2) is 0 Å². The first-order valence-corrected chi connectivity index (χ1v) is 6.55. The maximum Gasteiger partial charge on any atom is 0.108 e. The smallest absolute Gasteiger partial charge is 0.108 e. The second-order valence-electron chi connectivity index (χ2n) is 5.06. The molecule has 1 atom stereocenters. The molecule has 6 nitrogen and oxygen atoms in total. The van der Waals surface area contributed by atoms with Gasteiger partial charge in [-0.3, -0.25) is 5.32 Å². The summed E-state index contributed by atoms with van der Waals surface area (Å²) < 4.78 is 0. The van der Waals surface area contributed by atoms with Gasteiger partial charge in [-0.05, 0) is 45.2 Å². The lowest BCUT2D eigenvalue weighted by atomic mass is 9.92. The Bertz CT molecular complexity index is 341. The van der Waals surface area contributed by atoms with E-state index in [1.165, 1.54) is 0 Å². The van der Waals surface area contributed by atoms with Crippen molar-refractivity contribution in [3.05, 3.63) is 10.4 Å². The van der Waals surface area contributed by atoms with E-state index in [0.717, 1.165) is 32.4 Å². The fourth-order valence-corrected chi connectivity index (χ4v) is 2.39. The fourth-order valence-electron chi connectivity index (χ4n) is 2.39. The molecule has 1 fully saturated rings. The molecule has 1 N–H and O–H groups in total. The summed E-state index contributed by atoms with van der Waals surface area (Å²) in [5, 5.41) is 16.2. The van der Waals surface area contributed by atoms with Crippen LogP contribution in [0.5, 0.6) is 0 Å². The van der Waals surface area contributed by atoms with Gasteiger partial charge >= 0.3 is 0 Å². The largest absolute Gasteiger partial charge is 0.301 e. The summed E-state index contributed by atoms with van der Waals surface area (Å²) in [4.78, 5) is 5.13. The van der Waals surface area contributed by atoms with Crippen LogP contribution in [0.1, 0.15) is 33.1 Å². The molecule has 1 unspecified atom stereocenters. The number of likely N-dealkylation sites (tertiary alicyclic amines) is 1. The molecule has 1 aliphatic rings. The minimum Gasteiger partial charge on any atom is -0.301 e. The summed E-state index contributed by atoms with van der Waals surface area (Å²) in [6.45, 7) is 7.34. The number of hydrogen-bond donors (Lipinski definition) is 1. The Balaban J connectivity index is 2.54. The molecular formula is C12H22N6. The lowest BCUT2D eigenvalue weighted by molar-refractivity contribution is 0.225. The number of hydrogen-bond acceptors (Lipinski definition) is 4. The van der Waals surface area contributed by atoms with E-state index < -0.39 is 5.54 Å². The second-order valence-corrected chi connectivity index (χ2v) is 5.06. The van der Waals surface area contributed by atoms with Crippen molar-refractivity contribution < 1.29 is 0 Å². The van der Waals surface area contributed by atoms with E-state index in [9.17, 15) is 5.26 Å². The molecule has 0 radical (unpaired) electrons. The maximum atomic E-state index is 9.41. The van der Waals surface area contributed by atoms with E-state index >= 15 is 0 Å². The van der Waals surface area contributed by atoms with Gasteiger partial charge in [0.25, 0.3) is 0 Å². The maximum absolute atomic E-state index is 9.41. The Morgan fingerprint density at radius 2 is 2.28 bits per heavy atom. The Labute approximate surface area is 109 Å². The van der Waals surface area contributed by atoms with Crippen LogP contribution in [0.15, 0.2) is 5.11 Å². The summed E-state index contributed by atoms with van der Waals surface area (Å²) in [6, 6.07) is 2.95. The minimum atomic E-state index is -0.450. The molecule has 0 aliphatic carbocycles. The van der Waals surface area contributed by atoms with E-state index in [4.69, 9.17) is 5.53 Å². The van der Waals surface area contributed by atoms with Crippen LogP contribution in [0.25, 0.3) is 10.4 Å². The highest BCUT2D eigenvalue weighted by Crippen LogP contribution is 2.22. The van der Waals surface area contributed by atoms with Crippen molar-refractivity contribution in [2.24, 2.45) is 5.11 Å². The van der Waals surface area contributed by atoms with Crippen molar-refractivity contribution in [1.82, 2.24) is 10.2 Å². The third kappa shape index (κ3) is 4.19. The first-order chi connectivity index (χ1) is 8.63. The zero-order chi connectivity index (χ0) is 13.4. The molecule has 0 aromatic rings. The molecule has 1 saturated heterocycles. The van der Waals surface area contributed by atoms with Crippen molar-refractivity contribution >= 4 is 0 Å².